The predicted octanol–water partition coefficient (Wildman–Crippen LogP) is 2.07. The number of nitrogens with zero attached hydrogens (tertiary/aromatic N) is 3. The van der Waals surface area contributed by atoms with Crippen molar-refractivity contribution in [2.24, 2.45) is 10.9 Å². The average Bonchev–Trinajstić information content (AvgIpc) is 2.35. The van der Waals surface area contributed by atoms with E-state index in [2.05, 4.69) is 17.1 Å². The molecule has 0 fully saturated rings. The molecular weight excluding hydrogens is 240 g/mol. The largest absolute Gasteiger partial charge is 0.409 e. The molecule has 0 spiro atoms. The highest BCUT2D eigenvalue weighted by Crippen LogP contribution is 2.26. The fraction of sp³-hybridized carbons (Fsp3) is 0.455. The fourth-order valence-electron chi connectivity index (χ4n) is 1.45. The molecule has 0 saturated carbocycles. The number of pyridine rings is 1. The van der Waals surface area contributed by atoms with Gasteiger partial charge in [0.25, 0.3) is 0 Å². The molecule has 0 amide bonds. The van der Waals surface area contributed by atoms with E-state index in [9.17, 15) is 0 Å². The van der Waals surface area contributed by atoms with Gasteiger partial charge in [0.15, 0.2) is 5.84 Å². The second-order valence-electron chi connectivity index (χ2n) is 3.76. The lowest BCUT2D eigenvalue weighted by atomic mass is 10.2. The number of amidine groups is 1. The van der Waals surface area contributed by atoms with E-state index in [4.69, 9.17) is 22.5 Å². The van der Waals surface area contributed by atoms with Crippen LogP contribution in [0.25, 0.3) is 0 Å². The van der Waals surface area contributed by atoms with Crippen LogP contribution in [-0.2, 0) is 0 Å². The summed E-state index contributed by atoms with van der Waals surface area (Å²) in [4.78, 5) is 6.17. The summed E-state index contributed by atoms with van der Waals surface area (Å²) in [6.07, 6.45) is 3.75. The monoisotopic (exact) mass is 256 g/mol. The molecule has 6 heteroatoms. The molecule has 3 N–H and O–H groups in total. The molecule has 0 bridgehead atoms. The Morgan fingerprint density at radius 2 is 2.35 bits per heavy atom. The number of oxime groups is 1. The molecule has 0 unspecified atom stereocenters. The van der Waals surface area contributed by atoms with Crippen molar-refractivity contribution in [3.8, 4) is 0 Å². The van der Waals surface area contributed by atoms with Gasteiger partial charge in [0.05, 0.1) is 5.02 Å². The van der Waals surface area contributed by atoms with Crippen molar-refractivity contribution in [1.82, 2.24) is 4.98 Å². The molecule has 0 aromatic carbocycles. The van der Waals surface area contributed by atoms with Crippen molar-refractivity contribution in [2.45, 2.75) is 19.8 Å². The van der Waals surface area contributed by atoms with Crippen molar-refractivity contribution >= 4 is 23.3 Å². The van der Waals surface area contributed by atoms with Crippen molar-refractivity contribution in [3.63, 3.8) is 0 Å². The van der Waals surface area contributed by atoms with Gasteiger partial charge in [0.1, 0.15) is 5.82 Å². The van der Waals surface area contributed by atoms with Gasteiger partial charge in [-0.1, -0.05) is 30.1 Å². The first-order valence-electron chi connectivity index (χ1n) is 5.45. The van der Waals surface area contributed by atoms with Gasteiger partial charge < -0.3 is 15.8 Å². The standard InChI is InChI=1S/C11H17ClN4O/c1-3-4-7-16(2)11-9(12)8(5-6-14-11)10(13)15-17/h5-6,17H,3-4,7H2,1-2H3,(H2,13,15). The first-order chi connectivity index (χ1) is 8.11. The van der Waals surface area contributed by atoms with Gasteiger partial charge in [0, 0.05) is 25.4 Å². The Balaban J connectivity index is 3.01. The van der Waals surface area contributed by atoms with Gasteiger partial charge in [-0.05, 0) is 12.5 Å². The zero-order chi connectivity index (χ0) is 12.8. The molecule has 1 aromatic heterocycles. The van der Waals surface area contributed by atoms with Crippen LogP contribution in [0.15, 0.2) is 17.4 Å². The lowest BCUT2D eigenvalue weighted by Gasteiger charge is -2.19. The van der Waals surface area contributed by atoms with Crippen molar-refractivity contribution in [3.05, 3.63) is 22.8 Å². The van der Waals surface area contributed by atoms with Gasteiger partial charge in [0.2, 0.25) is 0 Å². The first kappa shape index (κ1) is 13.6. The number of hydrogen-bond donors (Lipinski definition) is 2. The van der Waals surface area contributed by atoms with Crippen molar-refractivity contribution in [2.75, 3.05) is 18.5 Å². The minimum absolute atomic E-state index is 0.0115. The molecule has 0 radical (unpaired) electrons. The van der Waals surface area contributed by atoms with Gasteiger partial charge in [-0.3, -0.25) is 0 Å². The highest BCUT2D eigenvalue weighted by Gasteiger charge is 2.13. The molecule has 0 aliphatic rings. The van der Waals surface area contributed by atoms with Gasteiger partial charge in [-0.25, -0.2) is 4.98 Å². The van der Waals surface area contributed by atoms with Crippen LogP contribution in [0.1, 0.15) is 25.3 Å². The number of anilines is 1. The molecule has 94 valence electrons. The van der Waals surface area contributed by atoms with Crippen LogP contribution in [0.3, 0.4) is 0 Å². The number of hydrogen-bond acceptors (Lipinski definition) is 4. The molecule has 17 heavy (non-hydrogen) atoms. The van der Waals surface area contributed by atoms with Gasteiger partial charge in [-0.2, -0.15) is 0 Å². The second-order valence-corrected chi connectivity index (χ2v) is 4.13. The number of unbranched alkanes of at least 4 members (excludes halogenated alkanes) is 1. The molecule has 5 nitrogen and oxygen atoms in total. The van der Waals surface area contributed by atoms with Crippen LogP contribution in [0.2, 0.25) is 5.02 Å². The highest BCUT2D eigenvalue weighted by molar-refractivity contribution is 6.36. The molecular formula is C11H17ClN4O. The van der Waals surface area contributed by atoms with Crippen molar-refractivity contribution in [1.29, 1.82) is 0 Å². The molecule has 0 saturated heterocycles. The maximum atomic E-state index is 8.65. The Hall–Kier alpha value is -1.49. The van der Waals surface area contributed by atoms with Crippen LogP contribution in [-0.4, -0.2) is 29.6 Å². The quantitative estimate of drug-likeness (QED) is 0.366. The van der Waals surface area contributed by atoms with Gasteiger partial charge in [-0.15, -0.1) is 0 Å². The smallest absolute Gasteiger partial charge is 0.171 e. The summed E-state index contributed by atoms with van der Waals surface area (Å²) in [5.41, 5.74) is 6.02. The van der Waals surface area contributed by atoms with E-state index in [-0.39, 0.29) is 5.84 Å². The average molecular weight is 257 g/mol. The summed E-state index contributed by atoms with van der Waals surface area (Å²) in [6.45, 7) is 2.98. The Morgan fingerprint density at radius 3 is 2.94 bits per heavy atom. The maximum absolute atomic E-state index is 8.65. The predicted molar refractivity (Wildman–Crippen MR) is 69.9 cm³/mol. The van der Waals surface area contributed by atoms with E-state index in [0.717, 1.165) is 19.4 Å². The van der Waals surface area contributed by atoms with Crippen molar-refractivity contribution < 1.29 is 5.21 Å². The van der Waals surface area contributed by atoms with E-state index >= 15 is 0 Å². The molecule has 0 atom stereocenters. The normalized spacial score (nSPS) is 11.6. The third-order valence-electron chi connectivity index (χ3n) is 2.46. The van der Waals surface area contributed by atoms with Crippen LogP contribution in [0, 0.1) is 0 Å². The van der Waals surface area contributed by atoms with Crippen LogP contribution >= 0.6 is 11.6 Å². The summed E-state index contributed by atoms with van der Waals surface area (Å²) >= 11 is 6.18. The summed E-state index contributed by atoms with van der Waals surface area (Å²) < 4.78 is 0. The summed E-state index contributed by atoms with van der Waals surface area (Å²) in [5.74, 6) is 0.631. The van der Waals surface area contributed by atoms with E-state index in [0.29, 0.717) is 16.4 Å². The van der Waals surface area contributed by atoms with E-state index in [1.807, 2.05) is 11.9 Å². The van der Waals surface area contributed by atoms with E-state index in [1.54, 1.807) is 12.3 Å². The van der Waals surface area contributed by atoms with Crippen LogP contribution in [0.4, 0.5) is 5.82 Å². The zero-order valence-corrected chi connectivity index (χ0v) is 10.8. The van der Waals surface area contributed by atoms with Crippen LogP contribution < -0.4 is 10.6 Å². The Bertz CT molecular complexity index is 408. The number of rotatable bonds is 5. The Morgan fingerprint density at radius 1 is 1.65 bits per heavy atom. The zero-order valence-electron chi connectivity index (χ0n) is 10.0. The lowest BCUT2D eigenvalue weighted by molar-refractivity contribution is 0.318. The lowest BCUT2D eigenvalue weighted by Crippen LogP contribution is -2.22. The summed E-state index contributed by atoms with van der Waals surface area (Å²) in [6, 6.07) is 1.62. The maximum Gasteiger partial charge on any atom is 0.171 e. The first-order valence-corrected chi connectivity index (χ1v) is 5.83. The number of nitrogens with two attached hydrogens (primary N) is 1. The molecule has 0 aliphatic carbocycles. The minimum atomic E-state index is -0.0115. The minimum Gasteiger partial charge on any atom is -0.409 e. The SMILES string of the molecule is CCCCN(C)c1nccc(/C(N)=N/O)c1Cl. The second kappa shape index (κ2) is 6.30. The number of aromatic nitrogens is 1. The molecule has 1 heterocycles. The van der Waals surface area contributed by atoms with Crippen LogP contribution in [0.5, 0.6) is 0 Å². The third-order valence-corrected chi connectivity index (χ3v) is 2.84. The molecule has 1 rings (SSSR count). The van der Waals surface area contributed by atoms with E-state index < -0.39 is 0 Å². The number of halogens is 1. The highest BCUT2D eigenvalue weighted by atomic mass is 35.5. The Labute approximate surface area is 106 Å². The molecule has 1 aromatic rings. The fourth-order valence-corrected chi connectivity index (χ4v) is 1.80. The topological polar surface area (TPSA) is 74.7 Å². The third kappa shape index (κ3) is 3.23. The van der Waals surface area contributed by atoms with E-state index in [1.165, 1.54) is 0 Å². The molecule has 0 aliphatic heterocycles. The Kier molecular flexibility index (Phi) is 5.03. The summed E-state index contributed by atoms with van der Waals surface area (Å²) in [5, 5.41) is 12.0. The summed E-state index contributed by atoms with van der Waals surface area (Å²) in [7, 11) is 1.92. The van der Waals surface area contributed by atoms with Gasteiger partial charge >= 0.3 is 0 Å².